The van der Waals surface area contributed by atoms with E-state index in [4.69, 9.17) is 5.73 Å². The lowest BCUT2D eigenvalue weighted by atomic mass is 10.1. The van der Waals surface area contributed by atoms with Gasteiger partial charge in [-0.25, -0.2) is 0 Å². The number of hydrogen-bond donors (Lipinski definition) is 2. The van der Waals surface area contributed by atoms with E-state index in [1.165, 1.54) is 12.4 Å². The molecule has 0 amide bonds. The molecular weight excluding hydrogens is 206 g/mol. The van der Waals surface area contributed by atoms with E-state index < -0.39 is 6.10 Å². The number of rotatable bonds is 3. The van der Waals surface area contributed by atoms with Crippen molar-refractivity contribution in [3.05, 3.63) is 36.7 Å². The molecule has 2 heterocycles. The highest BCUT2D eigenvalue weighted by atomic mass is 16.3. The molecule has 2 aromatic heterocycles. The fourth-order valence-corrected chi connectivity index (χ4v) is 1.32. The first-order valence-electron chi connectivity index (χ1n) is 4.78. The van der Waals surface area contributed by atoms with Crippen LogP contribution in [0.15, 0.2) is 31.0 Å². The molecule has 0 aliphatic heterocycles. The number of nitrogens with two attached hydrogens (primary N) is 1. The fraction of sp³-hybridized carbons (Fsp3) is 0.200. The maximum atomic E-state index is 9.70. The van der Waals surface area contributed by atoms with Crippen LogP contribution in [0.1, 0.15) is 11.8 Å². The fourth-order valence-electron chi connectivity index (χ4n) is 1.32. The van der Waals surface area contributed by atoms with Crippen molar-refractivity contribution in [1.29, 1.82) is 0 Å². The maximum absolute atomic E-state index is 9.70. The maximum Gasteiger partial charge on any atom is 0.114 e. The minimum absolute atomic E-state index is 0.0892. The van der Waals surface area contributed by atoms with Crippen molar-refractivity contribution in [3.8, 4) is 11.4 Å². The number of hydrogen-bond acceptors (Lipinski definition) is 6. The van der Waals surface area contributed by atoms with Crippen LogP contribution in [0.5, 0.6) is 0 Å². The molecule has 1 atom stereocenters. The molecule has 16 heavy (non-hydrogen) atoms. The molecule has 82 valence electrons. The first kappa shape index (κ1) is 10.6. The molecule has 6 nitrogen and oxygen atoms in total. The van der Waals surface area contributed by atoms with Gasteiger partial charge in [0.25, 0.3) is 0 Å². The van der Waals surface area contributed by atoms with Crippen molar-refractivity contribution in [1.82, 2.24) is 19.9 Å². The molecule has 0 radical (unpaired) electrons. The van der Waals surface area contributed by atoms with Crippen LogP contribution in [0.25, 0.3) is 11.4 Å². The van der Waals surface area contributed by atoms with Crippen molar-refractivity contribution >= 4 is 0 Å². The van der Waals surface area contributed by atoms with Gasteiger partial charge in [-0.3, -0.25) is 19.9 Å². The van der Waals surface area contributed by atoms with E-state index in [0.29, 0.717) is 17.1 Å². The summed E-state index contributed by atoms with van der Waals surface area (Å²) < 4.78 is 0. The zero-order valence-corrected chi connectivity index (χ0v) is 8.48. The number of aliphatic hydroxyl groups excluding tert-OH is 1. The lowest BCUT2D eigenvalue weighted by molar-refractivity contribution is 0.182. The monoisotopic (exact) mass is 217 g/mol. The molecule has 0 saturated heterocycles. The third kappa shape index (κ3) is 2.02. The minimum Gasteiger partial charge on any atom is -0.385 e. The second-order valence-corrected chi connectivity index (χ2v) is 3.13. The van der Waals surface area contributed by atoms with Gasteiger partial charge >= 0.3 is 0 Å². The summed E-state index contributed by atoms with van der Waals surface area (Å²) in [5, 5.41) is 9.70. The van der Waals surface area contributed by atoms with Crippen molar-refractivity contribution < 1.29 is 5.11 Å². The predicted molar refractivity (Wildman–Crippen MR) is 57.1 cm³/mol. The molecule has 3 N–H and O–H groups in total. The van der Waals surface area contributed by atoms with Gasteiger partial charge in [-0.05, 0) is 0 Å². The zero-order chi connectivity index (χ0) is 11.4. The summed E-state index contributed by atoms with van der Waals surface area (Å²) in [5.41, 5.74) is 6.89. The van der Waals surface area contributed by atoms with Crippen LogP contribution < -0.4 is 5.73 Å². The van der Waals surface area contributed by atoms with Gasteiger partial charge < -0.3 is 10.8 Å². The van der Waals surface area contributed by atoms with Crippen molar-refractivity contribution in [2.45, 2.75) is 6.10 Å². The highest BCUT2D eigenvalue weighted by Crippen LogP contribution is 2.20. The molecule has 2 rings (SSSR count). The third-order valence-electron chi connectivity index (χ3n) is 2.07. The third-order valence-corrected chi connectivity index (χ3v) is 2.07. The van der Waals surface area contributed by atoms with Crippen LogP contribution in [-0.4, -0.2) is 31.6 Å². The Bertz CT molecular complexity index is 462. The van der Waals surface area contributed by atoms with Crippen LogP contribution in [0.2, 0.25) is 0 Å². The largest absolute Gasteiger partial charge is 0.385 e. The summed E-state index contributed by atoms with van der Waals surface area (Å²) in [5.74, 6) is 0. The van der Waals surface area contributed by atoms with Crippen LogP contribution in [0.4, 0.5) is 0 Å². The van der Waals surface area contributed by atoms with E-state index in [0.717, 1.165) is 0 Å². The second kappa shape index (κ2) is 4.73. The molecule has 0 bridgehead atoms. The lowest BCUT2D eigenvalue weighted by Crippen LogP contribution is -2.14. The average Bonchev–Trinajstić information content (AvgIpc) is 2.39. The Hall–Kier alpha value is -1.92. The van der Waals surface area contributed by atoms with Crippen molar-refractivity contribution in [2.24, 2.45) is 5.73 Å². The Balaban J connectivity index is 2.49. The van der Waals surface area contributed by atoms with Crippen LogP contribution in [-0.2, 0) is 0 Å². The number of aliphatic hydroxyl groups is 1. The Morgan fingerprint density at radius 3 is 2.56 bits per heavy atom. The standard InChI is InChI=1S/C10H11N5O/c11-5-8(16)10-9(14-3-4-15-10)7-6-12-1-2-13-7/h1-4,6,8,16H,5,11H2. The number of aromatic nitrogens is 4. The van der Waals surface area contributed by atoms with Gasteiger partial charge in [0.05, 0.1) is 11.9 Å². The predicted octanol–water partition coefficient (Wildman–Crippen LogP) is -0.0743. The molecule has 2 aromatic rings. The first-order chi connectivity index (χ1) is 7.83. The van der Waals surface area contributed by atoms with Crippen LogP contribution in [0, 0.1) is 0 Å². The average molecular weight is 217 g/mol. The molecule has 0 aliphatic rings. The SMILES string of the molecule is NCC(O)c1nccnc1-c1cnccn1. The topological polar surface area (TPSA) is 97.8 Å². The molecule has 0 aromatic carbocycles. The summed E-state index contributed by atoms with van der Waals surface area (Å²) in [6.07, 6.45) is 6.90. The molecule has 6 heteroatoms. The summed E-state index contributed by atoms with van der Waals surface area (Å²) in [4.78, 5) is 16.3. The highest BCUT2D eigenvalue weighted by molar-refractivity contribution is 5.55. The summed E-state index contributed by atoms with van der Waals surface area (Å²) in [6.45, 7) is 0.0892. The van der Waals surface area contributed by atoms with Gasteiger partial charge in [-0.15, -0.1) is 0 Å². The lowest BCUT2D eigenvalue weighted by Gasteiger charge is -2.10. The molecule has 0 aliphatic carbocycles. The van der Waals surface area contributed by atoms with E-state index in [1.54, 1.807) is 18.6 Å². The van der Waals surface area contributed by atoms with Crippen LogP contribution >= 0.6 is 0 Å². The zero-order valence-electron chi connectivity index (χ0n) is 8.48. The van der Waals surface area contributed by atoms with E-state index in [1.807, 2.05) is 0 Å². The second-order valence-electron chi connectivity index (χ2n) is 3.13. The van der Waals surface area contributed by atoms with Gasteiger partial charge in [0, 0.05) is 31.3 Å². The molecule has 0 saturated carbocycles. The normalized spacial score (nSPS) is 12.4. The quantitative estimate of drug-likeness (QED) is 0.746. The van der Waals surface area contributed by atoms with E-state index in [-0.39, 0.29) is 6.54 Å². The van der Waals surface area contributed by atoms with Gasteiger partial charge in [-0.1, -0.05) is 0 Å². The highest BCUT2D eigenvalue weighted by Gasteiger charge is 2.15. The van der Waals surface area contributed by atoms with Gasteiger partial charge in [0.2, 0.25) is 0 Å². The summed E-state index contributed by atoms with van der Waals surface area (Å²) in [6, 6.07) is 0. The Morgan fingerprint density at radius 1 is 1.12 bits per heavy atom. The Kier molecular flexibility index (Phi) is 3.13. The number of nitrogens with zero attached hydrogens (tertiary/aromatic N) is 4. The van der Waals surface area contributed by atoms with E-state index in [2.05, 4.69) is 19.9 Å². The summed E-state index contributed by atoms with van der Waals surface area (Å²) in [7, 11) is 0. The first-order valence-corrected chi connectivity index (χ1v) is 4.78. The van der Waals surface area contributed by atoms with E-state index >= 15 is 0 Å². The van der Waals surface area contributed by atoms with E-state index in [9.17, 15) is 5.11 Å². The Morgan fingerprint density at radius 2 is 1.88 bits per heavy atom. The molecule has 1 unspecified atom stereocenters. The van der Waals surface area contributed by atoms with Gasteiger partial charge in [0.1, 0.15) is 17.5 Å². The smallest absolute Gasteiger partial charge is 0.114 e. The molecule has 0 fully saturated rings. The molecular formula is C10H11N5O. The van der Waals surface area contributed by atoms with Gasteiger partial charge in [0.15, 0.2) is 0 Å². The van der Waals surface area contributed by atoms with Gasteiger partial charge in [-0.2, -0.15) is 0 Å². The minimum atomic E-state index is -0.842. The van der Waals surface area contributed by atoms with Crippen molar-refractivity contribution in [3.63, 3.8) is 0 Å². The molecule has 0 spiro atoms. The Labute approximate surface area is 92.2 Å². The summed E-state index contributed by atoms with van der Waals surface area (Å²) >= 11 is 0. The van der Waals surface area contributed by atoms with Crippen LogP contribution in [0.3, 0.4) is 0 Å². The van der Waals surface area contributed by atoms with Crippen molar-refractivity contribution in [2.75, 3.05) is 6.54 Å².